The second-order valence-corrected chi connectivity index (χ2v) is 9.16. The van der Waals surface area contributed by atoms with Crippen molar-refractivity contribution in [3.63, 3.8) is 0 Å². The Kier molecular flexibility index (Phi) is 18.0. The summed E-state index contributed by atoms with van der Waals surface area (Å²) < 4.78 is 11.1. The van der Waals surface area contributed by atoms with Gasteiger partial charge in [-0.05, 0) is 52.9 Å². The quantitative estimate of drug-likeness (QED) is 0.298. The van der Waals surface area contributed by atoms with Crippen LogP contribution in [0.4, 0.5) is 4.79 Å². The number of carboxylic acids is 2. The van der Waals surface area contributed by atoms with Crippen molar-refractivity contribution in [3.05, 3.63) is 0 Å². The molecule has 0 aromatic rings. The molecule has 0 saturated heterocycles. The van der Waals surface area contributed by atoms with Crippen molar-refractivity contribution >= 4 is 46.6 Å². The molecule has 10 heteroatoms. The van der Waals surface area contributed by atoms with Crippen LogP contribution in [-0.2, 0) is 23.9 Å². The average Bonchev–Trinajstić information content (AvgIpc) is 2.48. The molecule has 9 nitrogen and oxygen atoms in total. The fourth-order valence-corrected chi connectivity index (χ4v) is 1.40. The summed E-state index contributed by atoms with van der Waals surface area (Å²) in [4.78, 5) is 43.8. The van der Waals surface area contributed by atoms with Gasteiger partial charge in [-0.3, -0.25) is 19.3 Å². The molecule has 1 amide bonds. The minimum Gasteiger partial charge on any atom is -0.481 e. The van der Waals surface area contributed by atoms with E-state index in [1.165, 1.54) is 4.43 Å². The topological polar surface area (TPSA) is 130 Å². The Hall–Kier alpha value is -1.59. The maximum Gasteiger partial charge on any atom is 0.410 e. The Labute approximate surface area is 187 Å². The Morgan fingerprint density at radius 2 is 1.24 bits per heavy atom. The summed E-state index contributed by atoms with van der Waals surface area (Å²) in [5, 5.41) is 16.8. The maximum atomic E-state index is 11.4. The average molecular weight is 533 g/mol. The third-order valence-corrected chi connectivity index (χ3v) is 2.32. The molecule has 29 heavy (non-hydrogen) atoms. The molecule has 0 aromatic carbocycles. The molecule has 0 radical (unpaired) electrons. The molecule has 0 spiro atoms. The molecule has 0 aliphatic heterocycles. The first-order chi connectivity index (χ1) is 13.0. The van der Waals surface area contributed by atoms with Crippen LogP contribution in [0.2, 0.25) is 0 Å². The minimum atomic E-state index is -1.04. The van der Waals surface area contributed by atoms with Crippen LogP contribution in [0, 0.1) is 0 Å². The van der Waals surface area contributed by atoms with Crippen molar-refractivity contribution in [2.75, 3.05) is 17.5 Å². The summed E-state index contributed by atoms with van der Waals surface area (Å²) in [6, 6.07) is 0. The fourth-order valence-electron chi connectivity index (χ4n) is 1.40. The number of likely N-dealkylation sites (N-methyl/N-ethyl adjacent to an activating group) is 1. The monoisotopic (exact) mass is 533 g/mol. The summed E-state index contributed by atoms with van der Waals surface area (Å²) >= 11 is 2.29. The van der Waals surface area contributed by atoms with E-state index in [4.69, 9.17) is 19.7 Å². The molecular weight excluding hydrogens is 497 g/mol. The number of ether oxygens (including phenoxy) is 2. The van der Waals surface area contributed by atoms with Gasteiger partial charge in [0.05, 0.1) is 12.8 Å². The van der Waals surface area contributed by atoms with Crippen LogP contribution in [0.3, 0.4) is 0 Å². The van der Waals surface area contributed by atoms with E-state index >= 15 is 0 Å². The SMILES string of the molecule is CC(C)(C)OC(=O)CCC(=O)O.CCI.CCN(CC(=O)O)C(=O)OC(C)(C)C. The number of carbonyl (C=O) groups excluding carboxylic acids is 2. The number of esters is 1. The predicted octanol–water partition coefficient (Wildman–Crippen LogP) is 3.96. The summed E-state index contributed by atoms with van der Waals surface area (Å²) in [5.74, 6) is -2.50. The number of carboxylic acid groups (broad SMARTS) is 2. The first-order valence-electron chi connectivity index (χ1n) is 9.18. The lowest BCUT2D eigenvalue weighted by molar-refractivity contribution is -0.157. The van der Waals surface area contributed by atoms with Crippen molar-refractivity contribution in [2.45, 2.75) is 79.4 Å². The summed E-state index contributed by atoms with van der Waals surface area (Å²) in [5.41, 5.74) is -1.13. The number of hydrogen-bond donors (Lipinski definition) is 2. The highest BCUT2D eigenvalue weighted by Crippen LogP contribution is 2.10. The van der Waals surface area contributed by atoms with Gasteiger partial charge in [0, 0.05) is 6.54 Å². The van der Waals surface area contributed by atoms with Gasteiger partial charge in [0.15, 0.2) is 0 Å². The number of halogens is 1. The molecule has 0 unspecified atom stereocenters. The van der Waals surface area contributed by atoms with Crippen LogP contribution in [-0.4, -0.2) is 67.8 Å². The van der Waals surface area contributed by atoms with Crippen LogP contribution in [0.1, 0.15) is 68.2 Å². The van der Waals surface area contributed by atoms with Gasteiger partial charge in [-0.1, -0.05) is 29.5 Å². The normalized spacial score (nSPS) is 10.4. The van der Waals surface area contributed by atoms with E-state index in [1.54, 1.807) is 48.5 Å². The van der Waals surface area contributed by atoms with Gasteiger partial charge in [0.2, 0.25) is 0 Å². The number of amides is 1. The van der Waals surface area contributed by atoms with Gasteiger partial charge in [-0.15, -0.1) is 0 Å². The van der Waals surface area contributed by atoms with Crippen LogP contribution in [0.15, 0.2) is 0 Å². The zero-order valence-corrected chi connectivity index (χ0v) is 20.9. The molecule has 0 aliphatic carbocycles. The van der Waals surface area contributed by atoms with Crippen LogP contribution in [0.25, 0.3) is 0 Å². The van der Waals surface area contributed by atoms with Gasteiger partial charge < -0.3 is 19.7 Å². The van der Waals surface area contributed by atoms with E-state index in [0.717, 1.165) is 4.90 Å². The van der Waals surface area contributed by atoms with Crippen LogP contribution in [0.5, 0.6) is 0 Å². The second kappa shape index (κ2) is 16.2. The standard InChI is InChI=1S/C9H17NO4.C8H14O4.C2H5I/c1-5-10(6-7(11)12)8(13)14-9(2,3)4;1-8(2,3)12-7(11)5-4-6(9)10;1-2-3/h5-6H2,1-4H3,(H,11,12);4-5H2,1-3H3,(H,9,10);2H2,1H3. The third-order valence-electron chi connectivity index (χ3n) is 2.32. The molecule has 0 saturated carbocycles. The third kappa shape index (κ3) is 28.7. The smallest absolute Gasteiger partial charge is 0.410 e. The Balaban J connectivity index is -0.000000414. The van der Waals surface area contributed by atoms with Crippen molar-refractivity contribution in [2.24, 2.45) is 0 Å². The predicted molar refractivity (Wildman–Crippen MR) is 118 cm³/mol. The molecule has 0 fully saturated rings. The molecule has 0 bridgehead atoms. The molecule has 2 N–H and O–H groups in total. The van der Waals surface area contributed by atoms with Gasteiger partial charge in [-0.2, -0.15) is 0 Å². The Morgan fingerprint density at radius 3 is 1.52 bits per heavy atom. The van der Waals surface area contributed by atoms with E-state index in [9.17, 15) is 19.2 Å². The Morgan fingerprint density at radius 1 is 0.828 bits per heavy atom. The largest absolute Gasteiger partial charge is 0.481 e. The minimum absolute atomic E-state index is 0.0629. The lowest BCUT2D eigenvalue weighted by Crippen LogP contribution is -2.39. The number of alkyl halides is 1. The van der Waals surface area contributed by atoms with Crippen molar-refractivity contribution < 1.29 is 38.9 Å². The summed E-state index contributed by atoms with van der Waals surface area (Å²) in [6.45, 7) is 14.2. The van der Waals surface area contributed by atoms with Crippen molar-refractivity contribution in [1.29, 1.82) is 0 Å². The van der Waals surface area contributed by atoms with E-state index in [2.05, 4.69) is 29.5 Å². The first kappa shape index (κ1) is 32.1. The van der Waals surface area contributed by atoms with Gasteiger partial charge in [0.1, 0.15) is 17.7 Å². The second-order valence-electron chi connectivity index (χ2n) is 7.64. The lowest BCUT2D eigenvalue weighted by atomic mass is 10.2. The number of aliphatic carboxylic acids is 2. The van der Waals surface area contributed by atoms with Crippen molar-refractivity contribution in [3.8, 4) is 0 Å². The van der Waals surface area contributed by atoms with Gasteiger partial charge in [-0.25, -0.2) is 4.79 Å². The van der Waals surface area contributed by atoms with E-state index in [-0.39, 0.29) is 19.4 Å². The van der Waals surface area contributed by atoms with E-state index < -0.39 is 35.2 Å². The highest BCUT2D eigenvalue weighted by atomic mass is 127. The van der Waals surface area contributed by atoms with E-state index in [1.807, 2.05) is 0 Å². The molecule has 0 rings (SSSR count). The lowest BCUT2D eigenvalue weighted by Gasteiger charge is -2.25. The molecule has 0 heterocycles. The fraction of sp³-hybridized carbons (Fsp3) is 0.789. The maximum absolute atomic E-state index is 11.4. The highest BCUT2D eigenvalue weighted by molar-refractivity contribution is 14.1. The summed E-state index contributed by atoms with van der Waals surface area (Å²) in [6.07, 6.45) is -0.830. The van der Waals surface area contributed by atoms with Crippen LogP contribution >= 0.6 is 22.6 Å². The molecule has 172 valence electrons. The number of hydrogen-bond acceptors (Lipinski definition) is 6. The number of nitrogens with zero attached hydrogens (tertiary/aromatic N) is 1. The number of carbonyl (C=O) groups is 4. The van der Waals surface area contributed by atoms with E-state index in [0.29, 0.717) is 6.54 Å². The summed E-state index contributed by atoms with van der Waals surface area (Å²) in [7, 11) is 0. The molecular formula is C19H36INO8. The zero-order valence-electron chi connectivity index (χ0n) is 18.7. The molecule has 0 aliphatic rings. The van der Waals surface area contributed by atoms with Crippen molar-refractivity contribution in [1.82, 2.24) is 4.90 Å². The number of rotatable bonds is 6. The van der Waals surface area contributed by atoms with Gasteiger partial charge >= 0.3 is 24.0 Å². The zero-order chi connectivity index (χ0) is 23.8. The highest BCUT2D eigenvalue weighted by Gasteiger charge is 2.22. The molecule has 0 atom stereocenters. The van der Waals surface area contributed by atoms with Gasteiger partial charge in [0.25, 0.3) is 0 Å². The van der Waals surface area contributed by atoms with Crippen LogP contribution < -0.4 is 0 Å². The Bertz CT molecular complexity index is 509. The first-order valence-corrected chi connectivity index (χ1v) is 10.7. The molecule has 0 aromatic heterocycles.